The van der Waals surface area contributed by atoms with Gasteiger partial charge < -0.3 is 10.4 Å². The van der Waals surface area contributed by atoms with Gasteiger partial charge in [0, 0.05) is 22.8 Å². The molecule has 3 rings (SSSR count). The smallest absolute Gasteiger partial charge is 0.223 e. The zero-order chi connectivity index (χ0) is 14.7. The van der Waals surface area contributed by atoms with Crippen molar-refractivity contribution < 1.29 is 9.90 Å². The lowest BCUT2D eigenvalue weighted by Crippen LogP contribution is -2.25. The summed E-state index contributed by atoms with van der Waals surface area (Å²) in [7, 11) is 0. The number of nitrogens with one attached hydrogen (secondary N) is 1. The lowest BCUT2D eigenvalue weighted by molar-refractivity contribution is -0.123. The predicted octanol–water partition coefficient (Wildman–Crippen LogP) is 2.53. The number of fused-ring (bicyclic) bond motifs is 1. The maximum Gasteiger partial charge on any atom is 0.223 e. The lowest BCUT2D eigenvalue weighted by Gasteiger charge is -2.04. The first-order chi connectivity index (χ1) is 10.3. The zero-order valence-corrected chi connectivity index (χ0v) is 12.9. The highest BCUT2D eigenvalue weighted by atomic mass is 32.1. The van der Waals surface area contributed by atoms with E-state index in [4.69, 9.17) is 5.11 Å². The second-order valence-corrected chi connectivity index (χ2v) is 6.89. The molecule has 21 heavy (non-hydrogen) atoms. The maximum atomic E-state index is 12.3. The third kappa shape index (κ3) is 3.30. The van der Waals surface area contributed by atoms with Gasteiger partial charge in [0.25, 0.3) is 0 Å². The monoisotopic (exact) mass is 303 g/mol. The summed E-state index contributed by atoms with van der Waals surface area (Å²) in [5.41, 5.74) is 0.974. The summed E-state index contributed by atoms with van der Waals surface area (Å²) in [6.45, 7) is 0.670. The topological polar surface area (TPSA) is 49.3 Å². The average Bonchev–Trinajstić information content (AvgIpc) is 3.07. The van der Waals surface area contributed by atoms with Crippen LogP contribution in [-0.2, 0) is 11.3 Å². The number of carbonyl (C=O) groups is 1. The van der Waals surface area contributed by atoms with Gasteiger partial charge in [0.1, 0.15) is 0 Å². The molecule has 112 valence electrons. The SMILES string of the molecule is O=C(NCc1sccc1C#CCCO)C1C2CCCCC21. The summed E-state index contributed by atoms with van der Waals surface area (Å²) in [4.78, 5) is 13.4. The Morgan fingerprint density at radius 1 is 1.38 bits per heavy atom. The van der Waals surface area contributed by atoms with Gasteiger partial charge in [-0.05, 0) is 36.1 Å². The van der Waals surface area contributed by atoms with E-state index in [0.29, 0.717) is 24.8 Å². The molecule has 2 atom stereocenters. The van der Waals surface area contributed by atoms with E-state index < -0.39 is 0 Å². The molecule has 2 fully saturated rings. The van der Waals surface area contributed by atoms with Gasteiger partial charge >= 0.3 is 0 Å². The molecule has 0 bridgehead atoms. The number of aliphatic hydroxyl groups excluding tert-OH is 1. The molecule has 4 heteroatoms. The molecule has 1 aromatic heterocycles. The Kier molecular flexibility index (Phi) is 4.62. The fraction of sp³-hybridized carbons (Fsp3) is 0.588. The van der Waals surface area contributed by atoms with Crippen molar-refractivity contribution in [2.75, 3.05) is 6.61 Å². The van der Waals surface area contributed by atoms with Crippen molar-refractivity contribution in [3.05, 3.63) is 21.9 Å². The van der Waals surface area contributed by atoms with E-state index in [1.54, 1.807) is 11.3 Å². The number of aliphatic hydroxyl groups is 1. The number of hydrogen-bond acceptors (Lipinski definition) is 3. The Morgan fingerprint density at radius 2 is 2.14 bits per heavy atom. The Labute approximate surface area is 129 Å². The van der Waals surface area contributed by atoms with Gasteiger partial charge in [-0.15, -0.1) is 11.3 Å². The van der Waals surface area contributed by atoms with Crippen molar-refractivity contribution in [2.45, 2.75) is 38.6 Å². The number of hydrogen-bond donors (Lipinski definition) is 2. The number of carbonyl (C=O) groups excluding carboxylic acids is 1. The van der Waals surface area contributed by atoms with E-state index in [9.17, 15) is 4.79 Å². The zero-order valence-electron chi connectivity index (χ0n) is 12.1. The van der Waals surface area contributed by atoms with Gasteiger partial charge in [-0.25, -0.2) is 0 Å². The minimum Gasteiger partial charge on any atom is -0.395 e. The first kappa shape index (κ1) is 14.6. The van der Waals surface area contributed by atoms with Gasteiger partial charge in [-0.3, -0.25) is 4.79 Å². The van der Waals surface area contributed by atoms with Gasteiger partial charge in [0.15, 0.2) is 0 Å². The summed E-state index contributed by atoms with van der Waals surface area (Å²) < 4.78 is 0. The summed E-state index contributed by atoms with van der Waals surface area (Å²) in [6, 6.07) is 1.98. The number of amides is 1. The van der Waals surface area contributed by atoms with E-state index in [2.05, 4.69) is 17.2 Å². The Hall–Kier alpha value is -1.31. The van der Waals surface area contributed by atoms with Crippen molar-refractivity contribution in [3.63, 3.8) is 0 Å². The molecule has 1 aromatic rings. The molecular formula is C17H21NO2S. The molecule has 1 amide bonds. The summed E-state index contributed by atoms with van der Waals surface area (Å²) in [5, 5.41) is 13.8. The van der Waals surface area contributed by atoms with Crippen LogP contribution >= 0.6 is 11.3 Å². The lowest BCUT2D eigenvalue weighted by atomic mass is 10.0. The molecule has 2 aliphatic rings. The van der Waals surface area contributed by atoms with Gasteiger partial charge in [-0.2, -0.15) is 0 Å². The van der Waals surface area contributed by atoms with Gasteiger partial charge in [0.05, 0.1) is 13.2 Å². The summed E-state index contributed by atoms with van der Waals surface area (Å²) >= 11 is 1.63. The van der Waals surface area contributed by atoms with Crippen LogP contribution in [0.2, 0.25) is 0 Å². The molecule has 3 nitrogen and oxygen atoms in total. The van der Waals surface area contributed by atoms with E-state index in [1.807, 2.05) is 11.4 Å². The van der Waals surface area contributed by atoms with Gasteiger partial charge in [0.2, 0.25) is 5.91 Å². The molecule has 2 saturated carbocycles. The molecule has 2 N–H and O–H groups in total. The minimum atomic E-state index is 0.0909. The molecule has 1 heterocycles. The molecule has 2 unspecified atom stereocenters. The largest absolute Gasteiger partial charge is 0.395 e. The molecule has 0 radical (unpaired) electrons. The van der Waals surface area contributed by atoms with Crippen LogP contribution in [-0.4, -0.2) is 17.6 Å². The van der Waals surface area contributed by atoms with Crippen LogP contribution in [0.5, 0.6) is 0 Å². The van der Waals surface area contributed by atoms with E-state index in [1.165, 1.54) is 25.7 Å². The fourth-order valence-corrected chi connectivity index (χ4v) is 4.24. The first-order valence-electron chi connectivity index (χ1n) is 7.75. The van der Waals surface area contributed by atoms with Crippen molar-refractivity contribution >= 4 is 17.2 Å². The average molecular weight is 303 g/mol. The number of rotatable bonds is 4. The highest BCUT2D eigenvalue weighted by molar-refractivity contribution is 7.10. The van der Waals surface area contributed by atoms with Crippen LogP contribution < -0.4 is 5.32 Å². The Balaban J connectivity index is 1.53. The molecular weight excluding hydrogens is 282 g/mol. The molecule has 0 saturated heterocycles. The quantitative estimate of drug-likeness (QED) is 0.840. The summed E-state index contributed by atoms with van der Waals surface area (Å²) in [5.74, 6) is 7.82. The van der Waals surface area contributed by atoms with Crippen molar-refractivity contribution in [2.24, 2.45) is 17.8 Å². The minimum absolute atomic E-state index is 0.0909. The summed E-state index contributed by atoms with van der Waals surface area (Å²) in [6.07, 6.45) is 5.55. The maximum absolute atomic E-state index is 12.3. The fourth-order valence-electron chi connectivity index (χ4n) is 3.47. The molecule has 0 spiro atoms. The van der Waals surface area contributed by atoms with E-state index >= 15 is 0 Å². The van der Waals surface area contributed by atoms with Crippen LogP contribution in [0.25, 0.3) is 0 Å². The van der Waals surface area contributed by atoms with E-state index in [0.717, 1.165) is 10.4 Å². The van der Waals surface area contributed by atoms with Gasteiger partial charge in [-0.1, -0.05) is 24.7 Å². The Morgan fingerprint density at radius 3 is 2.86 bits per heavy atom. The normalized spacial score (nSPS) is 26.4. The van der Waals surface area contributed by atoms with Crippen LogP contribution in [0.4, 0.5) is 0 Å². The highest BCUT2D eigenvalue weighted by Gasteiger charge is 2.54. The van der Waals surface area contributed by atoms with Crippen molar-refractivity contribution in [1.29, 1.82) is 0 Å². The van der Waals surface area contributed by atoms with Crippen LogP contribution in [0.15, 0.2) is 11.4 Å². The number of thiophene rings is 1. The third-order valence-electron chi connectivity index (χ3n) is 4.59. The Bertz CT molecular complexity index is 557. The molecule has 2 aliphatic carbocycles. The second kappa shape index (κ2) is 6.64. The van der Waals surface area contributed by atoms with E-state index in [-0.39, 0.29) is 18.4 Å². The van der Waals surface area contributed by atoms with Crippen LogP contribution in [0.1, 0.15) is 42.5 Å². The standard InChI is InChI=1S/C17H21NO2S/c19-9-4-3-5-12-8-10-21-15(12)11-18-17(20)16-13-6-1-2-7-14(13)16/h8,10,13-14,16,19H,1-2,4,6-7,9,11H2,(H,18,20). The van der Waals surface area contributed by atoms with Crippen LogP contribution in [0, 0.1) is 29.6 Å². The van der Waals surface area contributed by atoms with Crippen molar-refractivity contribution in [3.8, 4) is 11.8 Å². The highest BCUT2D eigenvalue weighted by Crippen LogP contribution is 2.55. The molecule has 0 aromatic carbocycles. The van der Waals surface area contributed by atoms with Crippen molar-refractivity contribution in [1.82, 2.24) is 5.32 Å². The second-order valence-electron chi connectivity index (χ2n) is 5.89. The first-order valence-corrected chi connectivity index (χ1v) is 8.63. The predicted molar refractivity (Wildman–Crippen MR) is 83.7 cm³/mol. The van der Waals surface area contributed by atoms with Crippen LogP contribution in [0.3, 0.4) is 0 Å². The molecule has 0 aliphatic heterocycles. The third-order valence-corrected chi connectivity index (χ3v) is 5.51.